The van der Waals surface area contributed by atoms with Gasteiger partial charge in [-0.1, -0.05) is 36.4 Å². The summed E-state index contributed by atoms with van der Waals surface area (Å²) in [6.45, 7) is 7.13. The molecule has 6 heteroatoms. The van der Waals surface area contributed by atoms with E-state index >= 15 is 0 Å². The molecule has 1 atom stereocenters. The summed E-state index contributed by atoms with van der Waals surface area (Å²) in [4.78, 5) is 17.5. The SMILES string of the molecule is O=CN1CCCN(Cc2cccc(OC[C@H](O)CN3CCc4ccccc4C3)c2)CC1. The van der Waals surface area contributed by atoms with Gasteiger partial charge in [0.15, 0.2) is 0 Å². The Morgan fingerprint density at radius 2 is 1.84 bits per heavy atom. The van der Waals surface area contributed by atoms with Gasteiger partial charge in [-0.3, -0.25) is 14.6 Å². The molecule has 0 saturated carbocycles. The minimum atomic E-state index is -0.520. The second-order valence-corrected chi connectivity index (χ2v) is 8.64. The molecular weight excluding hydrogens is 390 g/mol. The summed E-state index contributed by atoms with van der Waals surface area (Å²) in [5, 5.41) is 10.5. The van der Waals surface area contributed by atoms with Gasteiger partial charge in [0, 0.05) is 52.4 Å². The lowest BCUT2D eigenvalue weighted by Crippen LogP contribution is -2.38. The fourth-order valence-electron chi connectivity index (χ4n) is 4.50. The van der Waals surface area contributed by atoms with Crippen molar-refractivity contribution in [2.45, 2.75) is 32.0 Å². The number of hydrogen-bond donors (Lipinski definition) is 1. The predicted octanol–water partition coefficient (Wildman–Crippen LogP) is 2.15. The standard InChI is InChI=1S/C25H33N3O3/c29-20-27-11-4-10-26(13-14-27)16-21-5-3-8-25(15-21)31-19-24(30)18-28-12-9-22-6-1-2-7-23(22)17-28/h1-3,5-8,15,20,24,30H,4,9-14,16-19H2/t24-/m1/s1. The maximum atomic E-state index is 11.0. The van der Waals surface area contributed by atoms with Gasteiger partial charge in [-0.25, -0.2) is 0 Å². The van der Waals surface area contributed by atoms with Gasteiger partial charge in [0.05, 0.1) is 0 Å². The van der Waals surface area contributed by atoms with Gasteiger partial charge in [-0.15, -0.1) is 0 Å². The molecule has 0 bridgehead atoms. The van der Waals surface area contributed by atoms with Crippen LogP contribution in [0.1, 0.15) is 23.1 Å². The van der Waals surface area contributed by atoms with Gasteiger partial charge in [-0.05, 0) is 41.7 Å². The summed E-state index contributed by atoms with van der Waals surface area (Å²) in [5.74, 6) is 0.796. The van der Waals surface area contributed by atoms with Crippen molar-refractivity contribution in [1.82, 2.24) is 14.7 Å². The zero-order valence-electron chi connectivity index (χ0n) is 18.2. The van der Waals surface area contributed by atoms with E-state index < -0.39 is 6.10 Å². The van der Waals surface area contributed by atoms with Crippen LogP contribution in [0.5, 0.6) is 5.75 Å². The summed E-state index contributed by atoms with van der Waals surface area (Å²) >= 11 is 0. The Bertz CT molecular complexity index is 859. The quantitative estimate of drug-likeness (QED) is 0.660. The van der Waals surface area contributed by atoms with Crippen LogP contribution < -0.4 is 4.74 Å². The maximum absolute atomic E-state index is 11.0. The number of rotatable bonds is 8. The third-order valence-electron chi connectivity index (χ3n) is 6.20. The minimum absolute atomic E-state index is 0.291. The van der Waals surface area contributed by atoms with E-state index in [0.29, 0.717) is 13.2 Å². The second kappa shape index (κ2) is 10.8. The first-order valence-corrected chi connectivity index (χ1v) is 11.3. The molecule has 4 rings (SSSR count). The molecule has 31 heavy (non-hydrogen) atoms. The molecule has 6 nitrogen and oxygen atoms in total. The Morgan fingerprint density at radius 3 is 2.71 bits per heavy atom. The van der Waals surface area contributed by atoms with Gasteiger partial charge in [0.25, 0.3) is 0 Å². The molecule has 1 N–H and O–H groups in total. The first kappa shape index (κ1) is 21.8. The largest absolute Gasteiger partial charge is 0.491 e. The highest BCUT2D eigenvalue weighted by molar-refractivity contribution is 5.46. The molecule has 0 spiro atoms. The average molecular weight is 424 g/mol. The fourth-order valence-corrected chi connectivity index (χ4v) is 4.50. The van der Waals surface area contributed by atoms with Crippen LogP contribution >= 0.6 is 0 Å². The molecule has 2 aromatic carbocycles. The van der Waals surface area contributed by atoms with Gasteiger partial charge < -0.3 is 14.7 Å². The Labute approximate surface area is 185 Å². The maximum Gasteiger partial charge on any atom is 0.209 e. The molecule has 0 unspecified atom stereocenters. The van der Waals surface area contributed by atoms with E-state index in [1.807, 2.05) is 17.0 Å². The van der Waals surface area contributed by atoms with Crippen molar-refractivity contribution in [3.05, 3.63) is 65.2 Å². The number of hydrogen-bond acceptors (Lipinski definition) is 5. The number of benzene rings is 2. The van der Waals surface area contributed by atoms with Crippen molar-refractivity contribution in [3.8, 4) is 5.75 Å². The molecule has 1 saturated heterocycles. The van der Waals surface area contributed by atoms with E-state index in [1.165, 1.54) is 16.7 Å². The first-order valence-electron chi connectivity index (χ1n) is 11.3. The van der Waals surface area contributed by atoms with Crippen LogP contribution in [0.25, 0.3) is 0 Å². The molecule has 2 aliphatic rings. The average Bonchev–Trinajstić information content (AvgIpc) is 3.03. The lowest BCUT2D eigenvalue weighted by atomic mass is 10.00. The number of nitrogens with zero attached hydrogens (tertiary/aromatic N) is 3. The topological polar surface area (TPSA) is 56.3 Å². The van der Waals surface area contributed by atoms with Crippen molar-refractivity contribution in [1.29, 1.82) is 0 Å². The van der Waals surface area contributed by atoms with Crippen LogP contribution in [0.2, 0.25) is 0 Å². The van der Waals surface area contributed by atoms with Crippen LogP contribution in [0, 0.1) is 0 Å². The zero-order chi connectivity index (χ0) is 21.5. The molecule has 0 radical (unpaired) electrons. The summed E-state index contributed by atoms with van der Waals surface area (Å²) in [5.41, 5.74) is 3.98. The molecule has 1 fully saturated rings. The Balaban J connectivity index is 1.24. The van der Waals surface area contributed by atoms with Crippen LogP contribution in [0.15, 0.2) is 48.5 Å². The van der Waals surface area contributed by atoms with Crippen LogP contribution in [-0.4, -0.2) is 78.2 Å². The summed E-state index contributed by atoms with van der Waals surface area (Å²) < 4.78 is 5.92. The lowest BCUT2D eigenvalue weighted by Gasteiger charge is -2.30. The van der Waals surface area contributed by atoms with Crippen LogP contribution in [0.4, 0.5) is 0 Å². The monoisotopic (exact) mass is 423 g/mol. The Hall–Kier alpha value is -2.41. The summed E-state index contributed by atoms with van der Waals surface area (Å²) in [7, 11) is 0. The number of aliphatic hydroxyl groups is 1. The third-order valence-corrected chi connectivity index (χ3v) is 6.20. The second-order valence-electron chi connectivity index (χ2n) is 8.64. The molecular formula is C25H33N3O3. The zero-order valence-corrected chi connectivity index (χ0v) is 18.2. The van der Waals surface area contributed by atoms with Gasteiger partial charge in [0.2, 0.25) is 6.41 Å². The van der Waals surface area contributed by atoms with Crippen LogP contribution in [0.3, 0.4) is 0 Å². The van der Waals surface area contributed by atoms with Crippen molar-refractivity contribution in [2.75, 3.05) is 45.9 Å². The lowest BCUT2D eigenvalue weighted by molar-refractivity contribution is -0.118. The predicted molar refractivity (Wildman–Crippen MR) is 121 cm³/mol. The van der Waals surface area contributed by atoms with E-state index in [4.69, 9.17) is 4.74 Å². The summed E-state index contributed by atoms with van der Waals surface area (Å²) in [6.07, 6.45) is 2.47. The van der Waals surface area contributed by atoms with E-state index in [0.717, 1.165) is 70.8 Å². The fraction of sp³-hybridized carbons (Fsp3) is 0.480. The number of ether oxygens (including phenoxy) is 1. The first-order chi connectivity index (χ1) is 15.2. The number of amides is 1. The van der Waals surface area contributed by atoms with Crippen molar-refractivity contribution < 1.29 is 14.6 Å². The minimum Gasteiger partial charge on any atom is -0.491 e. The van der Waals surface area contributed by atoms with Crippen LogP contribution in [-0.2, 0) is 24.3 Å². The van der Waals surface area contributed by atoms with Crippen molar-refractivity contribution in [2.24, 2.45) is 0 Å². The highest BCUT2D eigenvalue weighted by Crippen LogP contribution is 2.19. The number of aliphatic hydroxyl groups excluding tert-OH is 1. The molecule has 2 aromatic rings. The van der Waals surface area contributed by atoms with Gasteiger partial charge >= 0.3 is 0 Å². The molecule has 166 valence electrons. The van der Waals surface area contributed by atoms with E-state index in [2.05, 4.69) is 46.2 Å². The molecule has 1 amide bonds. The summed E-state index contributed by atoms with van der Waals surface area (Å²) in [6, 6.07) is 16.7. The van der Waals surface area contributed by atoms with E-state index in [9.17, 15) is 9.90 Å². The number of carbonyl (C=O) groups excluding carboxylic acids is 1. The number of fused-ring (bicyclic) bond motifs is 1. The smallest absolute Gasteiger partial charge is 0.209 e. The van der Waals surface area contributed by atoms with Crippen molar-refractivity contribution >= 4 is 6.41 Å². The van der Waals surface area contributed by atoms with Gasteiger partial charge in [0.1, 0.15) is 18.5 Å². The molecule has 2 heterocycles. The van der Waals surface area contributed by atoms with E-state index in [-0.39, 0.29) is 0 Å². The normalized spacial score (nSPS) is 18.8. The number of β-amino-alcohol motifs (C(OH)–C–C–N with tert-alkyl or cyclic N) is 1. The molecule has 0 aromatic heterocycles. The number of carbonyl (C=O) groups is 1. The highest BCUT2D eigenvalue weighted by atomic mass is 16.5. The molecule has 2 aliphatic heterocycles. The van der Waals surface area contributed by atoms with Gasteiger partial charge in [-0.2, -0.15) is 0 Å². The third kappa shape index (κ3) is 6.29. The molecule has 0 aliphatic carbocycles. The Morgan fingerprint density at radius 1 is 0.968 bits per heavy atom. The Kier molecular flexibility index (Phi) is 7.57. The highest BCUT2D eigenvalue weighted by Gasteiger charge is 2.19. The van der Waals surface area contributed by atoms with E-state index in [1.54, 1.807) is 0 Å². The van der Waals surface area contributed by atoms with Crippen molar-refractivity contribution in [3.63, 3.8) is 0 Å².